The van der Waals surface area contributed by atoms with Crippen LogP contribution in [0.25, 0.3) is 76.9 Å². The second kappa shape index (κ2) is 11.3. The van der Waals surface area contributed by atoms with Crippen LogP contribution in [0.1, 0.15) is 22.7 Å². The van der Waals surface area contributed by atoms with E-state index in [2.05, 4.69) is 202 Å². The van der Waals surface area contributed by atoms with Gasteiger partial charge in [0, 0.05) is 38.3 Å². The summed E-state index contributed by atoms with van der Waals surface area (Å²) in [7, 11) is 0. The molecular weight excluding hydrogens is 631 g/mol. The summed E-state index contributed by atoms with van der Waals surface area (Å²) in [6.45, 7) is 0. The third kappa shape index (κ3) is 4.39. The second-order valence-corrected chi connectivity index (χ2v) is 13.8. The number of nitrogens with one attached hydrogen (secondary N) is 1. The highest BCUT2D eigenvalue weighted by molar-refractivity contribution is 6.19. The van der Waals surface area contributed by atoms with Crippen LogP contribution in [-0.2, 0) is 0 Å². The van der Waals surface area contributed by atoms with Crippen LogP contribution >= 0.6 is 0 Å². The number of pyridine rings is 1. The van der Waals surface area contributed by atoms with Gasteiger partial charge in [-0.2, -0.15) is 0 Å². The van der Waals surface area contributed by atoms with Crippen molar-refractivity contribution in [2.24, 2.45) is 0 Å². The zero-order valence-corrected chi connectivity index (χ0v) is 28.4. The van der Waals surface area contributed by atoms with Crippen LogP contribution in [0.15, 0.2) is 188 Å². The molecule has 0 spiro atoms. The van der Waals surface area contributed by atoms with E-state index >= 15 is 0 Å². The first-order valence-electron chi connectivity index (χ1n) is 18.0. The maximum Gasteiger partial charge on any atom is 0.0707 e. The Morgan fingerprint density at radius 3 is 1.85 bits per heavy atom. The Bertz CT molecular complexity index is 3090. The van der Waals surface area contributed by atoms with Gasteiger partial charge in [0.15, 0.2) is 0 Å². The molecule has 4 heterocycles. The first-order valence-corrected chi connectivity index (χ1v) is 18.0. The molecule has 10 aromatic rings. The highest BCUT2D eigenvalue weighted by Crippen LogP contribution is 2.40. The standard InChI is InChI=1S/C49H33N3/c1-3-14-32(15-4-1)35-28-43(33-16-5-2-6-17-33)50-44(29-35)34-18-13-19-37(26-34)51-45-24-11-10-23-41(45)42-27-36-30-48-40-22-8-7-20-38(40)39-21-9-12-25-46(39)52(48)47(36)31-49(42)51/h1-31,43,50H. The fraction of sp³-hybridized carbons (Fsp3) is 0.0204. The molecule has 0 saturated heterocycles. The molecular formula is C49H33N3. The van der Waals surface area contributed by atoms with Crippen molar-refractivity contribution in [3.8, 4) is 5.69 Å². The van der Waals surface area contributed by atoms with Gasteiger partial charge in [0.2, 0.25) is 0 Å². The van der Waals surface area contributed by atoms with Gasteiger partial charge in [0.25, 0.3) is 0 Å². The van der Waals surface area contributed by atoms with Crippen molar-refractivity contribution in [1.29, 1.82) is 0 Å². The van der Waals surface area contributed by atoms with Crippen LogP contribution in [0.3, 0.4) is 0 Å². The highest BCUT2D eigenvalue weighted by atomic mass is 15.0. The summed E-state index contributed by atoms with van der Waals surface area (Å²) < 4.78 is 4.91. The van der Waals surface area contributed by atoms with Gasteiger partial charge in [0.05, 0.1) is 33.6 Å². The first-order chi connectivity index (χ1) is 25.8. The van der Waals surface area contributed by atoms with Gasteiger partial charge in [-0.25, -0.2) is 0 Å². The molecule has 3 aromatic heterocycles. The fourth-order valence-electron chi connectivity index (χ4n) is 8.51. The predicted octanol–water partition coefficient (Wildman–Crippen LogP) is 12.3. The zero-order valence-electron chi connectivity index (χ0n) is 28.4. The normalized spacial score (nSPS) is 14.7. The number of allylic oxidation sites excluding steroid dienone is 2. The summed E-state index contributed by atoms with van der Waals surface area (Å²) in [4.78, 5) is 0. The van der Waals surface area contributed by atoms with Crippen LogP contribution in [0.4, 0.5) is 0 Å². The highest BCUT2D eigenvalue weighted by Gasteiger charge is 2.21. The van der Waals surface area contributed by atoms with Crippen molar-refractivity contribution in [3.05, 3.63) is 205 Å². The summed E-state index contributed by atoms with van der Waals surface area (Å²) in [5, 5.41) is 11.5. The minimum atomic E-state index is 0.0511. The molecule has 0 amide bonds. The monoisotopic (exact) mass is 663 g/mol. The lowest BCUT2D eigenvalue weighted by Gasteiger charge is -2.26. The van der Waals surface area contributed by atoms with Gasteiger partial charge < -0.3 is 14.3 Å². The van der Waals surface area contributed by atoms with E-state index in [0.717, 1.165) is 16.9 Å². The number of fused-ring (bicyclic) bond motifs is 11. The van der Waals surface area contributed by atoms with Crippen LogP contribution in [-0.4, -0.2) is 8.97 Å². The molecule has 1 aliphatic heterocycles. The number of hydrogen-bond donors (Lipinski definition) is 1. The van der Waals surface area contributed by atoms with Crippen molar-refractivity contribution in [2.45, 2.75) is 6.04 Å². The number of hydrogen-bond acceptors (Lipinski definition) is 1. The van der Waals surface area contributed by atoms with Crippen molar-refractivity contribution in [1.82, 2.24) is 14.3 Å². The molecule has 1 atom stereocenters. The number of dihydropyridines is 1. The average Bonchev–Trinajstić information content (AvgIpc) is 3.76. The van der Waals surface area contributed by atoms with E-state index in [-0.39, 0.29) is 6.04 Å². The van der Waals surface area contributed by atoms with Crippen LogP contribution in [0, 0.1) is 0 Å². The van der Waals surface area contributed by atoms with Crippen molar-refractivity contribution >= 4 is 71.2 Å². The first kappa shape index (κ1) is 28.9. The molecule has 1 unspecified atom stereocenters. The quantitative estimate of drug-likeness (QED) is 0.186. The smallest absolute Gasteiger partial charge is 0.0707 e. The van der Waals surface area contributed by atoms with E-state index in [4.69, 9.17) is 0 Å². The number of benzene rings is 7. The van der Waals surface area contributed by atoms with E-state index < -0.39 is 0 Å². The van der Waals surface area contributed by atoms with Gasteiger partial charge in [-0.1, -0.05) is 133 Å². The minimum Gasteiger partial charge on any atom is -0.374 e. The fourth-order valence-corrected chi connectivity index (χ4v) is 8.51. The largest absolute Gasteiger partial charge is 0.374 e. The Hall–Kier alpha value is -6.84. The summed E-state index contributed by atoms with van der Waals surface area (Å²) in [5.74, 6) is 0. The van der Waals surface area contributed by atoms with Gasteiger partial charge in [0.1, 0.15) is 0 Å². The second-order valence-electron chi connectivity index (χ2n) is 13.8. The molecule has 244 valence electrons. The van der Waals surface area contributed by atoms with Crippen LogP contribution in [0.2, 0.25) is 0 Å². The van der Waals surface area contributed by atoms with Gasteiger partial charge >= 0.3 is 0 Å². The molecule has 3 nitrogen and oxygen atoms in total. The molecule has 1 aliphatic rings. The van der Waals surface area contributed by atoms with Gasteiger partial charge in [-0.3, -0.25) is 0 Å². The van der Waals surface area contributed by atoms with Crippen molar-refractivity contribution in [3.63, 3.8) is 0 Å². The lowest BCUT2D eigenvalue weighted by Crippen LogP contribution is -2.21. The average molecular weight is 664 g/mol. The van der Waals surface area contributed by atoms with E-state index in [1.54, 1.807) is 0 Å². The number of rotatable bonds is 4. The number of aromatic nitrogens is 2. The molecule has 0 saturated carbocycles. The summed E-state index contributed by atoms with van der Waals surface area (Å²) in [6.07, 6.45) is 4.64. The number of para-hydroxylation sites is 2. The SMILES string of the molecule is C1=C(c2ccccc2)C=C(c2cccc(-n3c4ccccc4c4cc5cc6c7ccccc7c7ccccc7n6c5cc43)c2)NC1c1ccccc1. The Morgan fingerprint density at radius 2 is 1.06 bits per heavy atom. The van der Waals surface area contributed by atoms with E-state index in [1.807, 2.05) is 0 Å². The number of nitrogens with zero attached hydrogens (tertiary/aromatic N) is 2. The molecule has 1 N–H and O–H groups in total. The minimum absolute atomic E-state index is 0.0511. The maximum absolute atomic E-state index is 3.88. The lowest BCUT2D eigenvalue weighted by atomic mass is 9.93. The van der Waals surface area contributed by atoms with E-state index in [0.29, 0.717) is 0 Å². The molecule has 52 heavy (non-hydrogen) atoms. The molecule has 0 aliphatic carbocycles. The topological polar surface area (TPSA) is 21.4 Å². The maximum atomic E-state index is 3.88. The summed E-state index contributed by atoms with van der Waals surface area (Å²) in [5.41, 5.74) is 13.1. The third-order valence-electron chi connectivity index (χ3n) is 10.9. The summed E-state index contributed by atoms with van der Waals surface area (Å²) in [6, 6.07) is 64.0. The van der Waals surface area contributed by atoms with Crippen LogP contribution in [0.5, 0.6) is 0 Å². The van der Waals surface area contributed by atoms with E-state index in [1.165, 1.54) is 76.6 Å². The Balaban J connectivity index is 1.14. The molecule has 0 radical (unpaired) electrons. The Labute approximate surface area is 301 Å². The summed E-state index contributed by atoms with van der Waals surface area (Å²) >= 11 is 0. The molecule has 3 heteroatoms. The molecule has 0 bridgehead atoms. The molecule has 7 aromatic carbocycles. The Morgan fingerprint density at radius 1 is 0.423 bits per heavy atom. The van der Waals surface area contributed by atoms with Crippen molar-refractivity contribution in [2.75, 3.05) is 0 Å². The lowest BCUT2D eigenvalue weighted by molar-refractivity contribution is 0.766. The van der Waals surface area contributed by atoms with E-state index in [9.17, 15) is 0 Å². The van der Waals surface area contributed by atoms with Gasteiger partial charge in [-0.05, 0) is 82.3 Å². The van der Waals surface area contributed by atoms with Gasteiger partial charge in [-0.15, -0.1) is 0 Å². The zero-order chi connectivity index (χ0) is 34.2. The third-order valence-corrected chi connectivity index (χ3v) is 10.9. The predicted molar refractivity (Wildman–Crippen MR) is 219 cm³/mol. The Kier molecular flexibility index (Phi) is 6.31. The molecule has 0 fully saturated rings. The van der Waals surface area contributed by atoms with Crippen LogP contribution < -0.4 is 5.32 Å². The van der Waals surface area contributed by atoms with Crippen molar-refractivity contribution < 1.29 is 0 Å². The molecule has 11 rings (SSSR count).